The molecular weight excluding hydrogens is 497 g/mol. The van der Waals surface area contributed by atoms with Gasteiger partial charge in [-0.3, -0.25) is 19.7 Å². The van der Waals surface area contributed by atoms with Crippen LogP contribution in [0, 0.1) is 0 Å². The van der Waals surface area contributed by atoms with Gasteiger partial charge in [0.25, 0.3) is 5.91 Å². The number of fused-ring (bicyclic) bond motifs is 1. The summed E-state index contributed by atoms with van der Waals surface area (Å²) in [7, 11) is 0. The molecule has 2 aromatic heterocycles. The summed E-state index contributed by atoms with van der Waals surface area (Å²) in [5.41, 5.74) is 3.51. The third-order valence-electron chi connectivity index (χ3n) is 6.86. The highest BCUT2D eigenvalue weighted by molar-refractivity contribution is 6.39. The maximum atomic E-state index is 12.6. The zero-order chi connectivity index (χ0) is 24.9. The maximum absolute atomic E-state index is 12.6. The van der Waals surface area contributed by atoms with Gasteiger partial charge in [-0.25, -0.2) is 0 Å². The zero-order valence-electron chi connectivity index (χ0n) is 19.9. The molecule has 1 atom stereocenters. The number of amides is 1. The van der Waals surface area contributed by atoms with Crippen molar-refractivity contribution in [2.24, 2.45) is 0 Å². The second-order valence-corrected chi connectivity index (χ2v) is 9.98. The first kappa shape index (κ1) is 25.0. The van der Waals surface area contributed by atoms with Gasteiger partial charge in [-0.05, 0) is 49.2 Å². The molecule has 188 valence electrons. The fourth-order valence-corrected chi connectivity index (χ4v) is 5.56. The van der Waals surface area contributed by atoms with Gasteiger partial charge >= 0.3 is 0 Å². The summed E-state index contributed by atoms with van der Waals surface area (Å²) >= 11 is 12.2. The first-order valence-electron chi connectivity index (χ1n) is 12.3. The molecule has 1 amide bonds. The van der Waals surface area contributed by atoms with Gasteiger partial charge in [-0.15, -0.1) is 0 Å². The molecule has 4 heterocycles. The van der Waals surface area contributed by atoms with E-state index >= 15 is 0 Å². The van der Waals surface area contributed by atoms with E-state index in [-0.39, 0.29) is 27.6 Å². The SMILES string of the molecule is O=C(NCc1ccc(CN(C2CCNCC2)C2CCOc3cccnc32)cc1)c1c(Cl)cncc1Cl. The number of halogens is 2. The van der Waals surface area contributed by atoms with Crippen LogP contribution in [-0.4, -0.2) is 46.5 Å². The van der Waals surface area contributed by atoms with Gasteiger partial charge in [0.2, 0.25) is 0 Å². The van der Waals surface area contributed by atoms with Crippen molar-refractivity contribution in [1.82, 2.24) is 25.5 Å². The number of benzene rings is 1. The molecule has 0 spiro atoms. The number of carbonyl (C=O) groups is 1. The molecule has 9 heteroatoms. The molecule has 5 rings (SSSR count). The Kier molecular flexibility index (Phi) is 8.02. The minimum atomic E-state index is -0.320. The third kappa shape index (κ3) is 5.65. The summed E-state index contributed by atoms with van der Waals surface area (Å²) in [6.45, 7) is 3.98. The van der Waals surface area contributed by atoms with Gasteiger partial charge in [0.15, 0.2) is 0 Å². The van der Waals surface area contributed by atoms with Crippen molar-refractivity contribution >= 4 is 29.1 Å². The maximum Gasteiger partial charge on any atom is 0.254 e. The molecule has 0 radical (unpaired) electrons. The summed E-state index contributed by atoms with van der Waals surface area (Å²) in [6, 6.07) is 13.1. The number of ether oxygens (including phenoxy) is 1. The molecule has 7 nitrogen and oxygen atoms in total. The number of hydrogen-bond acceptors (Lipinski definition) is 6. The number of carbonyl (C=O) groups excluding carboxylic acids is 1. The van der Waals surface area contributed by atoms with Crippen LogP contribution in [0.25, 0.3) is 0 Å². The Bertz CT molecular complexity index is 1180. The van der Waals surface area contributed by atoms with Crippen LogP contribution in [0.1, 0.15) is 52.5 Å². The summed E-state index contributed by atoms with van der Waals surface area (Å²) in [4.78, 5) is 23.8. The molecule has 2 aliphatic heterocycles. The van der Waals surface area contributed by atoms with Gasteiger partial charge < -0.3 is 15.4 Å². The van der Waals surface area contributed by atoms with Crippen LogP contribution < -0.4 is 15.4 Å². The van der Waals surface area contributed by atoms with Crippen molar-refractivity contribution in [3.8, 4) is 5.75 Å². The number of aromatic nitrogens is 2. The predicted octanol–water partition coefficient (Wildman–Crippen LogP) is 4.79. The Balaban J connectivity index is 1.29. The van der Waals surface area contributed by atoms with Crippen LogP contribution in [0.3, 0.4) is 0 Å². The highest BCUT2D eigenvalue weighted by Crippen LogP contribution is 2.37. The van der Waals surface area contributed by atoms with Crippen molar-refractivity contribution in [1.29, 1.82) is 0 Å². The van der Waals surface area contributed by atoms with Crippen molar-refractivity contribution in [3.63, 3.8) is 0 Å². The van der Waals surface area contributed by atoms with Crippen molar-refractivity contribution < 1.29 is 9.53 Å². The largest absolute Gasteiger partial charge is 0.492 e. The number of hydrogen-bond donors (Lipinski definition) is 2. The molecule has 1 saturated heterocycles. The quantitative estimate of drug-likeness (QED) is 0.461. The second kappa shape index (κ2) is 11.6. The van der Waals surface area contributed by atoms with Gasteiger partial charge in [-0.1, -0.05) is 47.5 Å². The van der Waals surface area contributed by atoms with E-state index in [0.717, 1.165) is 55.9 Å². The van der Waals surface area contributed by atoms with Gasteiger partial charge in [-0.2, -0.15) is 0 Å². The molecule has 3 aromatic rings. The number of rotatable bonds is 7. The molecule has 0 aliphatic carbocycles. The van der Waals surface area contributed by atoms with Gasteiger partial charge in [0, 0.05) is 44.1 Å². The van der Waals surface area contributed by atoms with Crippen LogP contribution in [0.15, 0.2) is 55.0 Å². The lowest BCUT2D eigenvalue weighted by atomic mass is 9.96. The first-order valence-corrected chi connectivity index (χ1v) is 13.0. The zero-order valence-corrected chi connectivity index (χ0v) is 21.4. The van der Waals surface area contributed by atoms with Crippen LogP contribution in [-0.2, 0) is 13.1 Å². The van der Waals surface area contributed by atoms with E-state index in [4.69, 9.17) is 32.9 Å². The van der Waals surface area contributed by atoms with Gasteiger partial charge in [0.1, 0.15) is 5.75 Å². The number of piperidine rings is 1. The smallest absolute Gasteiger partial charge is 0.254 e. The normalized spacial score (nSPS) is 17.9. The topological polar surface area (TPSA) is 79.4 Å². The Morgan fingerprint density at radius 1 is 1.06 bits per heavy atom. The molecule has 36 heavy (non-hydrogen) atoms. The van der Waals surface area contributed by atoms with E-state index in [1.54, 1.807) is 0 Å². The van der Waals surface area contributed by atoms with E-state index < -0.39 is 0 Å². The average molecular weight is 526 g/mol. The Hall–Kier alpha value is -2.71. The molecule has 0 bridgehead atoms. The fourth-order valence-electron chi connectivity index (χ4n) is 5.02. The fraction of sp³-hybridized carbons (Fsp3) is 0.370. The van der Waals surface area contributed by atoms with Crippen LogP contribution >= 0.6 is 23.2 Å². The van der Waals surface area contributed by atoms with E-state index in [2.05, 4.69) is 44.8 Å². The number of nitrogens with one attached hydrogen (secondary N) is 2. The number of nitrogens with zero attached hydrogens (tertiary/aromatic N) is 3. The van der Waals surface area contributed by atoms with Crippen LogP contribution in [0.5, 0.6) is 5.75 Å². The van der Waals surface area contributed by atoms with Crippen molar-refractivity contribution in [3.05, 3.63) is 87.4 Å². The monoisotopic (exact) mass is 525 g/mol. The van der Waals surface area contributed by atoms with Crippen molar-refractivity contribution in [2.45, 2.75) is 44.4 Å². The van der Waals surface area contributed by atoms with E-state index in [0.29, 0.717) is 19.2 Å². The third-order valence-corrected chi connectivity index (χ3v) is 7.44. The standard InChI is InChI=1S/C27H29Cl2N5O2/c28-21-15-31-16-22(29)25(21)27(35)33-14-18-3-5-19(6-4-18)17-34(20-7-11-30-12-8-20)23-9-13-36-24-2-1-10-32-26(23)24/h1-6,10,15-16,20,23,30H,7-9,11-14,17H2,(H,33,35). The first-order chi connectivity index (χ1) is 17.6. The van der Waals surface area contributed by atoms with Crippen molar-refractivity contribution in [2.75, 3.05) is 19.7 Å². The molecule has 1 fully saturated rings. The van der Waals surface area contributed by atoms with Crippen LogP contribution in [0.2, 0.25) is 10.0 Å². The van der Waals surface area contributed by atoms with Gasteiger partial charge in [0.05, 0.1) is 34.0 Å². The summed E-state index contributed by atoms with van der Waals surface area (Å²) in [5, 5.41) is 6.85. The summed E-state index contributed by atoms with van der Waals surface area (Å²) < 4.78 is 5.89. The molecule has 0 saturated carbocycles. The lowest BCUT2D eigenvalue weighted by Crippen LogP contribution is -2.45. The summed E-state index contributed by atoms with van der Waals surface area (Å²) in [6.07, 6.45) is 7.84. The van der Waals surface area contributed by atoms with Crippen LogP contribution in [0.4, 0.5) is 0 Å². The predicted molar refractivity (Wildman–Crippen MR) is 140 cm³/mol. The minimum Gasteiger partial charge on any atom is -0.492 e. The Labute approximate surface area is 221 Å². The molecule has 1 unspecified atom stereocenters. The Morgan fingerprint density at radius 3 is 2.53 bits per heavy atom. The van der Waals surface area contributed by atoms with E-state index in [9.17, 15) is 4.79 Å². The average Bonchev–Trinajstić information content (AvgIpc) is 2.91. The molecule has 2 N–H and O–H groups in total. The van der Waals surface area contributed by atoms with E-state index in [1.807, 2.05) is 18.3 Å². The lowest BCUT2D eigenvalue weighted by Gasteiger charge is -2.41. The van der Waals surface area contributed by atoms with E-state index in [1.165, 1.54) is 18.0 Å². The highest BCUT2D eigenvalue weighted by Gasteiger charge is 2.33. The lowest BCUT2D eigenvalue weighted by molar-refractivity contribution is 0.0683. The second-order valence-electron chi connectivity index (χ2n) is 9.17. The highest BCUT2D eigenvalue weighted by atomic mass is 35.5. The summed E-state index contributed by atoms with van der Waals surface area (Å²) in [5.74, 6) is 0.576. The minimum absolute atomic E-state index is 0.229. The Morgan fingerprint density at radius 2 is 1.78 bits per heavy atom. The molecular formula is C27H29Cl2N5O2. The number of pyridine rings is 2. The molecule has 1 aromatic carbocycles. The molecule has 2 aliphatic rings.